The predicted octanol–water partition coefficient (Wildman–Crippen LogP) is 5.72. The number of ether oxygens (including phenoxy) is 6. The van der Waals surface area contributed by atoms with Crippen molar-refractivity contribution in [1.82, 2.24) is 4.90 Å². The maximum atomic E-state index is 14.5. The fraction of sp³-hybridized carbons (Fsp3) is 0.750. The topological polar surface area (TPSA) is 242 Å². The molecule has 1 aliphatic carbocycles. The number of nitrogens with zero attached hydrogens (tertiary/aromatic N) is 1. The predicted molar refractivity (Wildman–Crippen MR) is 271 cm³/mol. The second-order valence-corrected chi connectivity index (χ2v) is 21.8. The summed E-state index contributed by atoms with van der Waals surface area (Å²) in [5.74, 6) is -9.36. The molecule has 15 atom stereocenters. The Labute approximate surface area is 433 Å². The fourth-order valence-corrected chi connectivity index (χ4v) is 10.7. The zero-order chi connectivity index (χ0) is 54.4. The van der Waals surface area contributed by atoms with Crippen molar-refractivity contribution in [2.24, 2.45) is 40.9 Å². The third kappa shape index (κ3) is 16.0. The summed E-state index contributed by atoms with van der Waals surface area (Å²) in [6, 6.07) is -1.20. The summed E-state index contributed by atoms with van der Waals surface area (Å²) in [6.07, 6.45) is 9.76. The molecule has 0 aromatic rings. The van der Waals surface area contributed by atoms with Gasteiger partial charge in [-0.25, -0.2) is 4.79 Å². The van der Waals surface area contributed by atoms with Crippen molar-refractivity contribution in [2.45, 2.75) is 187 Å². The van der Waals surface area contributed by atoms with Gasteiger partial charge in [-0.15, -0.1) is 0 Å². The highest BCUT2D eigenvalue weighted by Gasteiger charge is 2.53. The van der Waals surface area contributed by atoms with Gasteiger partial charge >= 0.3 is 11.9 Å². The van der Waals surface area contributed by atoms with Crippen LogP contribution >= 0.6 is 0 Å². The second-order valence-electron chi connectivity index (χ2n) is 21.8. The lowest BCUT2D eigenvalue weighted by Crippen LogP contribution is -2.61. The number of esters is 2. The Bertz CT molecular complexity index is 2010. The first-order valence-electron chi connectivity index (χ1n) is 26.4. The quantitative estimate of drug-likeness (QED) is 0.0885. The van der Waals surface area contributed by atoms with Crippen molar-refractivity contribution in [3.05, 3.63) is 47.6 Å². The number of aliphatic hydroxyl groups excluding tert-OH is 3. The number of carbonyl (C=O) groups is 6. The molecule has 0 spiro atoms. The number of cyclic esters (lactones) is 1. The van der Waals surface area contributed by atoms with Gasteiger partial charge in [-0.05, 0) is 114 Å². The number of ketones is 3. The number of allylic oxidation sites excluding steroid dienone is 6. The molecule has 3 heterocycles. The van der Waals surface area contributed by atoms with Crippen LogP contribution in [-0.4, -0.2) is 156 Å². The Hall–Kier alpha value is -3.94. The smallest absolute Gasteiger partial charge is 0.329 e. The minimum absolute atomic E-state index is 0.00697. The van der Waals surface area contributed by atoms with Gasteiger partial charge in [0.25, 0.3) is 11.7 Å². The van der Waals surface area contributed by atoms with Crippen LogP contribution in [0.4, 0.5) is 0 Å². The Balaban J connectivity index is 1.69. The lowest BCUT2D eigenvalue weighted by atomic mass is 9.78. The molecule has 0 unspecified atom stereocenters. The summed E-state index contributed by atoms with van der Waals surface area (Å²) >= 11 is 0. The van der Waals surface area contributed by atoms with Gasteiger partial charge in [-0.3, -0.25) is 24.0 Å². The SMILES string of the molecule is CO[C@H]1C[C@@H]2CC[C@@H](C)[C@@](O)(O2)C(=O)C(=O)N2CCCC[C@H]2C(=O)O[C@H]([C@H](C)C[C@H]2CC[C@@H](OC(=O)C(C)(CO)CO)[C@H](O[13CH3])C2)CC(=O)[C@H](C)/C=C(\C)[C@@H](O)[C@@H](OC)C(=O)[C@H](C)C[C@H](C)\C=C/C=C/C=C/1C. The first kappa shape index (κ1) is 61.6. The summed E-state index contributed by atoms with van der Waals surface area (Å²) in [5, 5.41) is 43.1. The van der Waals surface area contributed by atoms with Crippen molar-refractivity contribution in [3.8, 4) is 0 Å². The molecular weight excluding hydrogens is 944 g/mol. The van der Waals surface area contributed by atoms with E-state index in [0.29, 0.717) is 69.8 Å². The first-order valence-corrected chi connectivity index (χ1v) is 26.4. The number of carbonyl (C=O) groups excluding carboxylic acids is 6. The number of hydrogen-bond donors (Lipinski definition) is 4. The van der Waals surface area contributed by atoms with E-state index >= 15 is 0 Å². The van der Waals surface area contributed by atoms with Crippen LogP contribution in [0.3, 0.4) is 0 Å². The standard InChI is InChI=1S/C56H87NO16/c1-33-17-13-12-14-18-34(2)45(68-9)29-41-22-20-39(7)56(67,73-41)51(63)52(64)57-24-16-15-19-42(57)53(65)71-46(30-43(60)35(3)26-38(6)49(62)50(70-11)48(61)37(5)25-33)36(4)27-40-21-23-44(47(28-40)69-10)72-54(66)55(8,31-58)32-59/h12-14,17-18,26,33,35-37,39-42,44-47,49-50,58-59,62,67H,15-16,19-25,27-32H2,1-11H3/b14-12+,17-13-,34-18+,38-26+/t33-,35-,36-,37-,39-,40-,41+,42+,44-,45+,46+,47-,49-,50+,56-/m1/s1/i10+1. The lowest BCUT2D eigenvalue weighted by Gasteiger charge is -2.42. The van der Waals surface area contributed by atoms with Crippen molar-refractivity contribution in [3.63, 3.8) is 0 Å². The number of aliphatic hydroxyl groups is 4. The summed E-state index contributed by atoms with van der Waals surface area (Å²) in [4.78, 5) is 85.4. The monoisotopic (exact) mass is 1030 g/mol. The van der Waals surface area contributed by atoms with Crippen molar-refractivity contribution < 1.29 is 77.6 Å². The average molecular weight is 1030 g/mol. The van der Waals surface area contributed by atoms with Gasteiger partial charge < -0.3 is 53.7 Å². The van der Waals surface area contributed by atoms with Crippen molar-refractivity contribution in [2.75, 3.05) is 41.1 Å². The summed E-state index contributed by atoms with van der Waals surface area (Å²) in [6.45, 7) is 12.7. The van der Waals surface area contributed by atoms with Crippen LogP contribution in [-0.2, 0) is 57.2 Å². The third-order valence-corrected chi connectivity index (χ3v) is 15.9. The maximum absolute atomic E-state index is 14.5. The molecule has 17 nitrogen and oxygen atoms in total. The first-order chi connectivity index (χ1) is 34.5. The molecule has 3 fully saturated rings. The molecule has 4 aliphatic rings. The van der Waals surface area contributed by atoms with Crippen LogP contribution in [0.5, 0.6) is 0 Å². The molecule has 2 saturated heterocycles. The lowest BCUT2D eigenvalue weighted by molar-refractivity contribution is -0.265. The highest BCUT2D eigenvalue weighted by Crippen LogP contribution is 2.38. The Kier molecular flexibility index (Phi) is 23.9. The van der Waals surface area contributed by atoms with Gasteiger partial charge in [0.05, 0.1) is 31.5 Å². The van der Waals surface area contributed by atoms with E-state index in [1.807, 2.05) is 51.2 Å². The van der Waals surface area contributed by atoms with Crippen molar-refractivity contribution in [1.29, 1.82) is 0 Å². The summed E-state index contributed by atoms with van der Waals surface area (Å²) in [5.41, 5.74) is -0.277. The average Bonchev–Trinajstić information content (AvgIpc) is 3.37. The van der Waals surface area contributed by atoms with Crippen LogP contribution in [0.25, 0.3) is 0 Å². The molecular formula is C56H87NO16. The molecule has 0 aromatic carbocycles. The molecule has 1 amide bonds. The van der Waals surface area contributed by atoms with Gasteiger partial charge in [0.1, 0.15) is 41.7 Å². The molecule has 4 rings (SSSR count). The Morgan fingerprint density at radius 2 is 1.56 bits per heavy atom. The van der Waals surface area contributed by atoms with Crippen LogP contribution in [0, 0.1) is 40.9 Å². The number of fused-ring (bicyclic) bond motifs is 3. The Morgan fingerprint density at radius 1 is 0.863 bits per heavy atom. The summed E-state index contributed by atoms with van der Waals surface area (Å²) in [7, 11) is 4.43. The number of rotatable bonds is 10. The normalized spacial score (nSPS) is 37.4. The van der Waals surface area contributed by atoms with Crippen LogP contribution in [0.1, 0.15) is 132 Å². The van der Waals surface area contributed by atoms with Gasteiger partial charge in [-0.2, -0.15) is 0 Å². The molecule has 3 aliphatic heterocycles. The number of methoxy groups -OCH3 is 3. The zero-order valence-electron chi connectivity index (χ0n) is 45.3. The minimum Gasteiger partial charge on any atom is -0.460 e. The van der Waals surface area contributed by atoms with E-state index in [4.69, 9.17) is 28.4 Å². The maximum Gasteiger partial charge on any atom is 0.329 e. The molecule has 73 heavy (non-hydrogen) atoms. The van der Waals surface area contributed by atoms with E-state index in [9.17, 15) is 49.2 Å². The largest absolute Gasteiger partial charge is 0.460 e. The van der Waals surface area contributed by atoms with Gasteiger partial charge in [0, 0.05) is 58.5 Å². The van der Waals surface area contributed by atoms with Crippen LogP contribution < -0.4 is 0 Å². The summed E-state index contributed by atoms with van der Waals surface area (Å²) < 4.78 is 35.4. The number of piperidine rings is 1. The molecule has 0 radical (unpaired) electrons. The van der Waals surface area contributed by atoms with E-state index in [0.717, 1.165) is 10.5 Å². The zero-order valence-corrected chi connectivity index (χ0v) is 45.3. The number of amides is 1. The van der Waals surface area contributed by atoms with E-state index in [2.05, 4.69) is 0 Å². The van der Waals surface area contributed by atoms with Crippen LogP contribution in [0.2, 0.25) is 0 Å². The van der Waals surface area contributed by atoms with Gasteiger partial charge in [-0.1, -0.05) is 71.1 Å². The van der Waals surface area contributed by atoms with Gasteiger partial charge in [0.15, 0.2) is 5.78 Å². The van der Waals surface area contributed by atoms with E-state index in [1.54, 1.807) is 40.9 Å². The fourth-order valence-electron chi connectivity index (χ4n) is 10.7. The number of hydrogen-bond acceptors (Lipinski definition) is 16. The molecule has 412 valence electrons. The third-order valence-electron chi connectivity index (χ3n) is 15.9. The minimum atomic E-state index is -2.47. The Morgan fingerprint density at radius 3 is 2.21 bits per heavy atom. The highest BCUT2D eigenvalue weighted by molar-refractivity contribution is 6.39. The highest BCUT2D eigenvalue weighted by atomic mass is 16.6. The van der Waals surface area contributed by atoms with E-state index in [-0.39, 0.29) is 42.8 Å². The van der Waals surface area contributed by atoms with Gasteiger partial charge in [0.2, 0.25) is 5.79 Å². The molecule has 17 heteroatoms. The van der Waals surface area contributed by atoms with E-state index < -0.39 is 120 Å². The number of Topliss-reactive ketones (excluding diaryl/α,β-unsaturated/α-hetero) is 3. The molecule has 0 aromatic heterocycles. The molecule has 4 N–H and O–H groups in total. The van der Waals surface area contributed by atoms with Crippen molar-refractivity contribution >= 4 is 35.2 Å². The molecule has 2 bridgehead atoms. The van der Waals surface area contributed by atoms with E-state index in [1.165, 1.54) is 21.1 Å². The second kappa shape index (κ2) is 28.3. The molecule has 1 saturated carbocycles. The van der Waals surface area contributed by atoms with Crippen LogP contribution in [0.15, 0.2) is 47.6 Å².